The standard InChI is InChI=1S/C13H16N4/c1-17-7-6-12(16-17)13(15-14)11-8-9-4-2-3-5-10(9)11/h2-7,11,13,15H,8,14H2,1H3. The van der Waals surface area contributed by atoms with Gasteiger partial charge in [0, 0.05) is 19.2 Å². The summed E-state index contributed by atoms with van der Waals surface area (Å²) in [5.41, 5.74) is 6.72. The van der Waals surface area contributed by atoms with Crippen LogP contribution in [0.4, 0.5) is 0 Å². The number of rotatable bonds is 3. The van der Waals surface area contributed by atoms with Gasteiger partial charge in [0.15, 0.2) is 0 Å². The molecule has 4 nitrogen and oxygen atoms in total. The van der Waals surface area contributed by atoms with E-state index >= 15 is 0 Å². The summed E-state index contributed by atoms with van der Waals surface area (Å²) in [5, 5.41) is 4.43. The third-order valence-corrected chi connectivity index (χ3v) is 3.53. The Kier molecular flexibility index (Phi) is 2.46. The first-order chi connectivity index (χ1) is 8.29. The third kappa shape index (κ3) is 1.66. The summed E-state index contributed by atoms with van der Waals surface area (Å²) < 4.78 is 1.81. The lowest BCUT2D eigenvalue weighted by molar-refractivity contribution is 0.408. The van der Waals surface area contributed by atoms with Crippen LogP contribution in [0.25, 0.3) is 0 Å². The molecule has 1 aliphatic rings. The normalized spacial score (nSPS) is 19.5. The van der Waals surface area contributed by atoms with E-state index < -0.39 is 0 Å². The molecule has 2 aromatic rings. The number of aryl methyl sites for hydroxylation is 1. The van der Waals surface area contributed by atoms with Gasteiger partial charge in [0.05, 0.1) is 11.7 Å². The summed E-state index contributed by atoms with van der Waals surface area (Å²) in [7, 11) is 1.92. The number of benzene rings is 1. The van der Waals surface area contributed by atoms with E-state index in [9.17, 15) is 0 Å². The minimum absolute atomic E-state index is 0.103. The average molecular weight is 228 g/mol. The molecule has 0 spiro atoms. The van der Waals surface area contributed by atoms with Gasteiger partial charge < -0.3 is 0 Å². The number of hydrogen-bond donors (Lipinski definition) is 2. The van der Waals surface area contributed by atoms with Crippen LogP contribution < -0.4 is 11.3 Å². The Morgan fingerprint density at radius 2 is 2.24 bits per heavy atom. The van der Waals surface area contributed by atoms with Gasteiger partial charge in [-0.05, 0) is 23.6 Å². The van der Waals surface area contributed by atoms with Gasteiger partial charge in [0.2, 0.25) is 0 Å². The van der Waals surface area contributed by atoms with Crippen molar-refractivity contribution in [3.63, 3.8) is 0 Å². The highest BCUT2D eigenvalue weighted by molar-refractivity contribution is 5.42. The van der Waals surface area contributed by atoms with Crippen molar-refractivity contribution in [1.82, 2.24) is 15.2 Å². The summed E-state index contributed by atoms with van der Waals surface area (Å²) in [5.74, 6) is 6.12. The largest absolute Gasteiger partial charge is 0.275 e. The highest BCUT2D eigenvalue weighted by atomic mass is 15.3. The van der Waals surface area contributed by atoms with E-state index in [4.69, 9.17) is 5.84 Å². The van der Waals surface area contributed by atoms with Gasteiger partial charge in [-0.25, -0.2) is 0 Å². The van der Waals surface area contributed by atoms with Gasteiger partial charge in [-0.3, -0.25) is 16.0 Å². The Labute approximate surface area is 100 Å². The van der Waals surface area contributed by atoms with Gasteiger partial charge in [-0.2, -0.15) is 5.10 Å². The molecule has 0 fully saturated rings. The van der Waals surface area contributed by atoms with Gasteiger partial charge in [0.25, 0.3) is 0 Å². The molecule has 1 aromatic carbocycles. The van der Waals surface area contributed by atoms with E-state index in [2.05, 4.69) is 34.8 Å². The third-order valence-electron chi connectivity index (χ3n) is 3.53. The topological polar surface area (TPSA) is 55.9 Å². The second kappa shape index (κ2) is 3.98. The summed E-state index contributed by atoms with van der Waals surface area (Å²) in [6.07, 6.45) is 3.02. The summed E-state index contributed by atoms with van der Waals surface area (Å²) in [4.78, 5) is 0. The zero-order valence-corrected chi connectivity index (χ0v) is 9.80. The van der Waals surface area contributed by atoms with Crippen LogP contribution >= 0.6 is 0 Å². The van der Waals surface area contributed by atoms with E-state index in [1.54, 1.807) is 0 Å². The molecule has 2 unspecified atom stereocenters. The summed E-state index contributed by atoms with van der Waals surface area (Å²) in [6.45, 7) is 0. The van der Waals surface area contributed by atoms with Crippen LogP contribution in [0.3, 0.4) is 0 Å². The molecule has 0 saturated carbocycles. The summed E-state index contributed by atoms with van der Waals surface area (Å²) >= 11 is 0. The van der Waals surface area contributed by atoms with Crippen molar-refractivity contribution in [3.05, 3.63) is 53.3 Å². The van der Waals surface area contributed by atoms with E-state index in [1.165, 1.54) is 11.1 Å². The minimum Gasteiger partial charge on any atom is -0.275 e. The molecule has 0 bridgehead atoms. The van der Waals surface area contributed by atoms with Gasteiger partial charge >= 0.3 is 0 Å². The highest BCUT2D eigenvalue weighted by Crippen LogP contribution is 2.42. The van der Waals surface area contributed by atoms with Crippen LogP contribution in [0.5, 0.6) is 0 Å². The molecule has 0 aliphatic heterocycles. The lowest BCUT2D eigenvalue weighted by Gasteiger charge is -2.35. The molecule has 0 radical (unpaired) electrons. The van der Waals surface area contributed by atoms with E-state index in [0.717, 1.165) is 12.1 Å². The molecule has 3 rings (SSSR count). The molecule has 2 atom stereocenters. The predicted molar refractivity (Wildman–Crippen MR) is 66.2 cm³/mol. The monoisotopic (exact) mass is 228 g/mol. The SMILES string of the molecule is Cn1ccc(C(NN)C2Cc3ccccc32)n1. The zero-order chi connectivity index (χ0) is 11.8. The second-order valence-corrected chi connectivity index (χ2v) is 4.57. The Balaban J connectivity index is 1.90. The first-order valence-electron chi connectivity index (χ1n) is 5.83. The number of nitrogens with one attached hydrogen (secondary N) is 1. The van der Waals surface area contributed by atoms with Crippen LogP contribution in [0, 0.1) is 0 Å². The minimum atomic E-state index is 0.103. The molecule has 1 heterocycles. The van der Waals surface area contributed by atoms with E-state index in [1.807, 2.05) is 24.0 Å². The Morgan fingerprint density at radius 3 is 2.88 bits per heavy atom. The van der Waals surface area contributed by atoms with Gasteiger partial charge in [0.1, 0.15) is 0 Å². The lowest BCUT2D eigenvalue weighted by atomic mass is 9.73. The molecule has 3 N–H and O–H groups in total. The molecular formula is C13H16N4. The number of hydrazine groups is 1. The smallest absolute Gasteiger partial charge is 0.0813 e. The Hall–Kier alpha value is -1.65. The maximum absolute atomic E-state index is 5.68. The van der Waals surface area contributed by atoms with Crippen molar-refractivity contribution >= 4 is 0 Å². The number of fused-ring (bicyclic) bond motifs is 1. The second-order valence-electron chi connectivity index (χ2n) is 4.57. The number of hydrogen-bond acceptors (Lipinski definition) is 3. The molecule has 0 amide bonds. The van der Waals surface area contributed by atoms with E-state index in [0.29, 0.717) is 5.92 Å². The molecule has 1 aliphatic carbocycles. The van der Waals surface area contributed by atoms with E-state index in [-0.39, 0.29) is 6.04 Å². The van der Waals surface area contributed by atoms with Gasteiger partial charge in [-0.15, -0.1) is 0 Å². The number of nitrogens with zero attached hydrogens (tertiary/aromatic N) is 2. The van der Waals surface area contributed by atoms with Crippen molar-refractivity contribution in [2.45, 2.75) is 18.4 Å². The molecule has 88 valence electrons. The predicted octanol–water partition coefficient (Wildman–Crippen LogP) is 1.26. The Bertz CT molecular complexity index is 532. The van der Waals surface area contributed by atoms with Crippen LogP contribution in [0.1, 0.15) is 28.8 Å². The Morgan fingerprint density at radius 1 is 1.41 bits per heavy atom. The van der Waals surface area contributed by atoms with Crippen LogP contribution in [-0.2, 0) is 13.5 Å². The molecule has 17 heavy (non-hydrogen) atoms. The first kappa shape index (κ1) is 10.5. The zero-order valence-electron chi connectivity index (χ0n) is 9.80. The molecule has 0 saturated heterocycles. The molecule has 4 heteroatoms. The van der Waals surface area contributed by atoms with Crippen LogP contribution in [0.2, 0.25) is 0 Å². The number of nitrogens with two attached hydrogens (primary N) is 1. The van der Waals surface area contributed by atoms with Crippen molar-refractivity contribution in [2.75, 3.05) is 0 Å². The fourth-order valence-corrected chi connectivity index (χ4v) is 2.60. The van der Waals surface area contributed by atoms with Crippen molar-refractivity contribution in [1.29, 1.82) is 0 Å². The quantitative estimate of drug-likeness (QED) is 0.614. The van der Waals surface area contributed by atoms with Crippen molar-refractivity contribution in [2.24, 2.45) is 12.9 Å². The van der Waals surface area contributed by atoms with Crippen LogP contribution in [0.15, 0.2) is 36.5 Å². The lowest BCUT2D eigenvalue weighted by Crippen LogP contribution is -2.37. The average Bonchev–Trinajstić information content (AvgIpc) is 2.72. The molecule has 1 aromatic heterocycles. The maximum Gasteiger partial charge on any atom is 0.0813 e. The molecular weight excluding hydrogens is 212 g/mol. The van der Waals surface area contributed by atoms with Crippen molar-refractivity contribution < 1.29 is 0 Å². The van der Waals surface area contributed by atoms with Crippen molar-refractivity contribution in [3.8, 4) is 0 Å². The fourth-order valence-electron chi connectivity index (χ4n) is 2.60. The highest BCUT2D eigenvalue weighted by Gasteiger charge is 2.34. The first-order valence-corrected chi connectivity index (χ1v) is 5.83. The maximum atomic E-state index is 5.68. The fraction of sp³-hybridized carbons (Fsp3) is 0.308. The van der Waals surface area contributed by atoms with Crippen LogP contribution in [-0.4, -0.2) is 9.78 Å². The summed E-state index contributed by atoms with van der Waals surface area (Å²) in [6, 6.07) is 10.6. The van der Waals surface area contributed by atoms with Gasteiger partial charge in [-0.1, -0.05) is 24.3 Å². The number of aromatic nitrogens is 2.